The van der Waals surface area contributed by atoms with Crippen molar-refractivity contribution in [3.8, 4) is 5.75 Å². The highest BCUT2D eigenvalue weighted by atomic mass is 79.9. The number of hydrogen-bond donors (Lipinski definition) is 3. The summed E-state index contributed by atoms with van der Waals surface area (Å²) in [5, 5.41) is 9.64. The van der Waals surface area contributed by atoms with Gasteiger partial charge in [0.15, 0.2) is 6.61 Å². The molecule has 0 saturated carbocycles. The van der Waals surface area contributed by atoms with Gasteiger partial charge in [0.1, 0.15) is 11.3 Å². The molecule has 0 aliphatic heterocycles. The van der Waals surface area contributed by atoms with Crippen molar-refractivity contribution in [3.63, 3.8) is 0 Å². The van der Waals surface area contributed by atoms with Crippen LogP contribution in [0.3, 0.4) is 0 Å². The lowest BCUT2D eigenvalue weighted by molar-refractivity contribution is -0.125. The van der Waals surface area contributed by atoms with Crippen LogP contribution in [0, 0.1) is 6.92 Å². The van der Waals surface area contributed by atoms with Crippen molar-refractivity contribution in [2.75, 3.05) is 6.61 Å². The minimum Gasteiger partial charge on any atom is -0.507 e. The normalized spacial score (nSPS) is 10.0. The van der Waals surface area contributed by atoms with Crippen LogP contribution in [0.1, 0.15) is 26.3 Å². The van der Waals surface area contributed by atoms with Gasteiger partial charge in [0.05, 0.1) is 5.56 Å². The van der Waals surface area contributed by atoms with Gasteiger partial charge in [-0.1, -0.05) is 23.8 Å². The molecule has 0 unspecified atom stereocenters. The lowest BCUT2D eigenvalue weighted by atomic mass is 10.1. The Balaban J connectivity index is 1.85. The van der Waals surface area contributed by atoms with Crippen LogP contribution in [-0.4, -0.2) is 29.5 Å². The predicted octanol–water partition coefficient (Wildman–Crippen LogP) is 2.08. The molecular formula is C17H15BrN2O5. The summed E-state index contributed by atoms with van der Waals surface area (Å²) in [4.78, 5) is 35.5. The van der Waals surface area contributed by atoms with E-state index >= 15 is 0 Å². The molecule has 130 valence electrons. The second-order valence-electron chi connectivity index (χ2n) is 5.08. The first-order valence-corrected chi connectivity index (χ1v) is 7.98. The third-order valence-electron chi connectivity index (χ3n) is 3.14. The number of benzene rings is 2. The Morgan fingerprint density at radius 2 is 1.80 bits per heavy atom. The number of hydrazine groups is 1. The van der Waals surface area contributed by atoms with Gasteiger partial charge in [-0.05, 0) is 47.1 Å². The van der Waals surface area contributed by atoms with Crippen LogP contribution in [-0.2, 0) is 9.53 Å². The molecule has 0 bridgehead atoms. The smallest absolute Gasteiger partial charge is 0.342 e. The SMILES string of the molecule is Cc1ccc(O)c(C(=O)OCC(=O)NNC(=O)c2ccccc2Br)c1. The van der Waals surface area contributed by atoms with Gasteiger partial charge in [-0.25, -0.2) is 4.79 Å². The molecule has 2 aromatic carbocycles. The largest absolute Gasteiger partial charge is 0.507 e. The van der Waals surface area contributed by atoms with Crippen LogP contribution < -0.4 is 10.9 Å². The fourth-order valence-corrected chi connectivity index (χ4v) is 2.36. The Bertz CT molecular complexity index is 822. The average molecular weight is 407 g/mol. The number of phenols is 1. The zero-order valence-electron chi connectivity index (χ0n) is 13.2. The molecular weight excluding hydrogens is 392 g/mol. The number of rotatable bonds is 4. The van der Waals surface area contributed by atoms with Crippen LogP contribution in [0.4, 0.5) is 0 Å². The number of esters is 1. The molecule has 0 saturated heterocycles. The van der Waals surface area contributed by atoms with Crippen LogP contribution in [0.15, 0.2) is 46.9 Å². The predicted molar refractivity (Wildman–Crippen MR) is 92.9 cm³/mol. The van der Waals surface area contributed by atoms with E-state index < -0.39 is 24.4 Å². The number of halogens is 1. The van der Waals surface area contributed by atoms with Crippen LogP contribution in [0.2, 0.25) is 0 Å². The Morgan fingerprint density at radius 1 is 1.08 bits per heavy atom. The molecule has 0 spiro atoms. The summed E-state index contributed by atoms with van der Waals surface area (Å²) in [6, 6.07) is 11.1. The van der Waals surface area contributed by atoms with E-state index in [1.807, 2.05) is 0 Å². The van der Waals surface area contributed by atoms with E-state index in [-0.39, 0.29) is 11.3 Å². The maximum absolute atomic E-state index is 11.9. The third-order valence-corrected chi connectivity index (χ3v) is 3.83. The summed E-state index contributed by atoms with van der Waals surface area (Å²) < 4.78 is 5.39. The Kier molecular flexibility index (Phi) is 6.13. The first-order valence-electron chi connectivity index (χ1n) is 7.19. The van der Waals surface area contributed by atoms with E-state index in [4.69, 9.17) is 4.74 Å². The number of hydrogen-bond acceptors (Lipinski definition) is 5. The van der Waals surface area contributed by atoms with Crippen molar-refractivity contribution in [3.05, 3.63) is 63.6 Å². The monoisotopic (exact) mass is 406 g/mol. The number of carbonyl (C=O) groups is 3. The number of carbonyl (C=O) groups excluding carboxylic acids is 3. The summed E-state index contributed by atoms with van der Waals surface area (Å²) in [5.41, 5.74) is 5.42. The summed E-state index contributed by atoms with van der Waals surface area (Å²) in [6.07, 6.45) is 0. The van der Waals surface area contributed by atoms with E-state index in [0.717, 1.165) is 5.56 Å². The molecule has 2 aromatic rings. The fraction of sp³-hybridized carbons (Fsp3) is 0.118. The molecule has 0 fully saturated rings. The van der Waals surface area contributed by atoms with E-state index in [1.54, 1.807) is 37.3 Å². The molecule has 0 aromatic heterocycles. The lowest BCUT2D eigenvalue weighted by Crippen LogP contribution is -2.43. The second kappa shape index (κ2) is 8.29. The van der Waals surface area contributed by atoms with Gasteiger partial charge >= 0.3 is 5.97 Å². The first kappa shape index (κ1) is 18.5. The topological polar surface area (TPSA) is 105 Å². The average Bonchev–Trinajstić information content (AvgIpc) is 2.60. The van der Waals surface area contributed by atoms with Gasteiger partial charge in [-0.3, -0.25) is 20.4 Å². The highest BCUT2D eigenvalue weighted by Crippen LogP contribution is 2.19. The summed E-state index contributed by atoms with van der Waals surface area (Å²) >= 11 is 3.23. The first-order chi connectivity index (χ1) is 11.9. The molecule has 3 N–H and O–H groups in total. The quantitative estimate of drug-likeness (QED) is 0.532. The molecule has 0 aliphatic carbocycles. The van der Waals surface area contributed by atoms with E-state index in [9.17, 15) is 19.5 Å². The van der Waals surface area contributed by atoms with Crippen LogP contribution >= 0.6 is 15.9 Å². The fourth-order valence-electron chi connectivity index (χ4n) is 1.90. The molecule has 0 atom stereocenters. The van der Waals surface area contributed by atoms with Gasteiger partial charge in [-0.15, -0.1) is 0 Å². The Hall–Kier alpha value is -2.87. The van der Waals surface area contributed by atoms with Crippen molar-refractivity contribution >= 4 is 33.7 Å². The lowest BCUT2D eigenvalue weighted by Gasteiger charge is -2.09. The number of aryl methyl sites for hydroxylation is 1. The number of ether oxygens (including phenoxy) is 1. The maximum Gasteiger partial charge on any atom is 0.342 e. The minimum absolute atomic E-state index is 0.0370. The molecule has 0 radical (unpaired) electrons. The molecule has 8 heteroatoms. The number of amides is 2. The molecule has 0 aliphatic rings. The van der Waals surface area contributed by atoms with Gasteiger partial charge in [0.2, 0.25) is 0 Å². The zero-order chi connectivity index (χ0) is 18.4. The second-order valence-corrected chi connectivity index (χ2v) is 5.93. The molecule has 7 nitrogen and oxygen atoms in total. The van der Waals surface area contributed by atoms with Crippen molar-refractivity contribution in [2.45, 2.75) is 6.92 Å². The van der Waals surface area contributed by atoms with Gasteiger partial charge in [0.25, 0.3) is 11.8 Å². The van der Waals surface area contributed by atoms with Crippen molar-refractivity contribution in [2.24, 2.45) is 0 Å². The van der Waals surface area contributed by atoms with E-state index in [1.165, 1.54) is 12.1 Å². The van der Waals surface area contributed by atoms with Gasteiger partial charge < -0.3 is 9.84 Å². The van der Waals surface area contributed by atoms with Crippen LogP contribution in [0.25, 0.3) is 0 Å². The van der Waals surface area contributed by atoms with Gasteiger partial charge in [-0.2, -0.15) is 0 Å². The zero-order valence-corrected chi connectivity index (χ0v) is 14.8. The standard InChI is InChI=1S/C17H15BrN2O5/c1-10-6-7-14(21)12(8-10)17(24)25-9-15(22)19-20-16(23)11-4-2-3-5-13(11)18/h2-8,21H,9H2,1H3,(H,19,22)(H,20,23). The molecule has 2 rings (SSSR count). The Morgan fingerprint density at radius 3 is 2.52 bits per heavy atom. The highest BCUT2D eigenvalue weighted by Gasteiger charge is 2.15. The molecule has 0 heterocycles. The molecule has 2 amide bonds. The van der Waals surface area contributed by atoms with E-state index in [2.05, 4.69) is 26.8 Å². The Labute approximate surface area is 152 Å². The van der Waals surface area contributed by atoms with E-state index in [0.29, 0.717) is 10.0 Å². The van der Waals surface area contributed by atoms with Crippen molar-refractivity contribution < 1.29 is 24.2 Å². The minimum atomic E-state index is -0.839. The summed E-state index contributed by atoms with van der Waals surface area (Å²) in [6.45, 7) is 1.14. The summed E-state index contributed by atoms with van der Waals surface area (Å²) in [7, 11) is 0. The van der Waals surface area contributed by atoms with Crippen LogP contribution in [0.5, 0.6) is 5.75 Å². The third kappa shape index (κ3) is 5.05. The van der Waals surface area contributed by atoms with Crippen molar-refractivity contribution in [1.82, 2.24) is 10.9 Å². The summed E-state index contributed by atoms with van der Waals surface area (Å²) in [5.74, 6) is -2.32. The highest BCUT2D eigenvalue weighted by molar-refractivity contribution is 9.10. The number of aromatic hydroxyl groups is 1. The number of phenolic OH excluding ortho intramolecular Hbond substituents is 1. The van der Waals surface area contributed by atoms with Crippen molar-refractivity contribution in [1.29, 1.82) is 0 Å². The van der Waals surface area contributed by atoms with Gasteiger partial charge in [0, 0.05) is 4.47 Å². The maximum atomic E-state index is 11.9. The number of nitrogens with one attached hydrogen (secondary N) is 2. The molecule has 25 heavy (non-hydrogen) atoms.